The fourth-order valence-corrected chi connectivity index (χ4v) is 2.92. The predicted octanol–water partition coefficient (Wildman–Crippen LogP) is 1.55. The van der Waals surface area contributed by atoms with Gasteiger partial charge in [0.15, 0.2) is 5.58 Å². The third kappa shape index (κ3) is 3.05. The SMILES string of the molecule is Cc1ccc2oc(N3CCN(CCn4cncn4)CC3)nc2c1. The van der Waals surface area contributed by atoms with Gasteiger partial charge in [0.2, 0.25) is 0 Å². The molecule has 120 valence electrons. The fraction of sp³-hybridized carbons (Fsp3) is 0.438. The number of aromatic nitrogens is 4. The summed E-state index contributed by atoms with van der Waals surface area (Å²) in [4.78, 5) is 13.3. The highest BCUT2D eigenvalue weighted by atomic mass is 16.4. The first kappa shape index (κ1) is 14.2. The van der Waals surface area contributed by atoms with Crippen molar-refractivity contribution in [2.45, 2.75) is 13.5 Å². The molecule has 0 radical (unpaired) electrons. The molecule has 0 N–H and O–H groups in total. The van der Waals surface area contributed by atoms with Gasteiger partial charge in [-0.2, -0.15) is 10.1 Å². The first-order valence-corrected chi connectivity index (χ1v) is 7.95. The molecule has 0 bridgehead atoms. The van der Waals surface area contributed by atoms with Gasteiger partial charge in [-0.1, -0.05) is 6.07 Å². The minimum Gasteiger partial charge on any atom is -0.423 e. The monoisotopic (exact) mass is 312 g/mol. The van der Waals surface area contributed by atoms with Gasteiger partial charge < -0.3 is 9.32 Å². The van der Waals surface area contributed by atoms with Crippen LogP contribution in [0.5, 0.6) is 0 Å². The van der Waals surface area contributed by atoms with Crippen LogP contribution >= 0.6 is 0 Å². The van der Waals surface area contributed by atoms with Crippen molar-refractivity contribution in [1.29, 1.82) is 0 Å². The Labute approximate surface area is 134 Å². The molecule has 0 aliphatic carbocycles. The summed E-state index contributed by atoms with van der Waals surface area (Å²) in [6.45, 7) is 7.82. The third-order valence-electron chi connectivity index (χ3n) is 4.29. The Morgan fingerprint density at radius 2 is 2.00 bits per heavy atom. The Morgan fingerprint density at radius 1 is 1.13 bits per heavy atom. The second kappa shape index (κ2) is 6.00. The lowest BCUT2D eigenvalue weighted by molar-refractivity contribution is 0.240. The molecule has 1 aromatic carbocycles. The third-order valence-corrected chi connectivity index (χ3v) is 4.29. The molecule has 0 atom stereocenters. The van der Waals surface area contributed by atoms with Crippen LogP contribution in [0, 0.1) is 6.92 Å². The normalized spacial score (nSPS) is 16.3. The minimum atomic E-state index is 0.738. The molecule has 4 rings (SSSR count). The highest BCUT2D eigenvalue weighted by molar-refractivity contribution is 5.75. The first-order chi connectivity index (χ1) is 11.3. The van der Waals surface area contributed by atoms with Crippen molar-refractivity contribution < 1.29 is 4.42 Å². The summed E-state index contributed by atoms with van der Waals surface area (Å²) in [6.07, 6.45) is 3.34. The molecule has 0 unspecified atom stereocenters. The van der Waals surface area contributed by atoms with Gasteiger partial charge in [0.05, 0.1) is 6.54 Å². The van der Waals surface area contributed by atoms with E-state index >= 15 is 0 Å². The lowest BCUT2D eigenvalue weighted by Gasteiger charge is -2.33. The lowest BCUT2D eigenvalue weighted by atomic mass is 10.2. The van der Waals surface area contributed by atoms with E-state index in [1.807, 2.05) is 10.7 Å². The van der Waals surface area contributed by atoms with Crippen LogP contribution < -0.4 is 4.90 Å². The molecule has 1 aliphatic rings. The number of fused-ring (bicyclic) bond motifs is 1. The van der Waals surface area contributed by atoms with Crippen molar-refractivity contribution in [3.63, 3.8) is 0 Å². The minimum absolute atomic E-state index is 0.738. The summed E-state index contributed by atoms with van der Waals surface area (Å²) in [5.74, 6) is 0. The van der Waals surface area contributed by atoms with Crippen molar-refractivity contribution in [1.82, 2.24) is 24.6 Å². The van der Waals surface area contributed by atoms with Gasteiger partial charge in [-0.25, -0.2) is 4.98 Å². The summed E-state index contributed by atoms with van der Waals surface area (Å²) in [6, 6.07) is 6.85. The Kier molecular flexibility index (Phi) is 3.70. The first-order valence-electron chi connectivity index (χ1n) is 7.95. The van der Waals surface area contributed by atoms with Gasteiger partial charge in [0.25, 0.3) is 6.01 Å². The molecule has 1 aliphatic heterocycles. The lowest BCUT2D eigenvalue weighted by Crippen LogP contribution is -2.47. The highest BCUT2D eigenvalue weighted by Crippen LogP contribution is 2.23. The van der Waals surface area contributed by atoms with E-state index in [4.69, 9.17) is 4.42 Å². The Hall–Kier alpha value is -2.41. The topological polar surface area (TPSA) is 63.2 Å². The zero-order valence-corrected chi connectivity index (χ0v) is 13.2. The van der Waals surface area contributed by atoms with Crippen LogP contribution in [0.4, 0.5) is 6.01 Å². The number of nitrogens with zero attached hydrogens (tertiary/aromatic N) is 6. The van der Waals surface area contributed by atoms with Crippen LogP contribution in [0.25, 0.3) is 11.1 Å². The van der Waals surface area contributed by atoms with Crippen LogP contribution in [-0.4, -0.2) is 57.4 Å². The summed E-state index contributed by atoms with van der Waals surface area (Å²) < 4.78 is 7.76. The highest BCUT2D eigenvalue weighted by Gasteiger charge is 2.20. The maximum atomic E-state index is 5.89. The van der Waals surface area contributed by atoms with Crippen LogP contribution in [-0.2, 0) is 6.54 Å². The van der Waals surface area contributed by atoms with Crippen molar-refractivity contribution in [3.8, 4) is 0 Å². The largest absolute Gasteiger partial charge is 0.423 e. The number of aryl methyl sites for hydroxylation is 1. The summed E-state index contributed by atoms with van der Waals surface area (Å²) in [7, 11) is 0. The standard InChI is InChI=1S/C16H20N6O/c1-13-2-3-15-14(10-13)19-16(23-15)21-7-4-20(5-8-21)6-9-22-12-17-11-18-22/h2-3,10-12H,4-9H2,1H3. The predicted molar refractivity (Wildman–Crippen MR) is 87.4 cm³/mol. The molecule has 7 nitrogen and oxygen atoms in total. The van der Waals surface area contributed by atoms with Gasteiger partial charge in [-0.15, -0.1) is 0 Å². The smallest absolute Gasteiger partial charge is 0.298 e. The van der Waals surface area contributed by atoms with Gasteiger partial charge >= 0.3 is 0 Å². The number of hydrogen-bond acceptors (Lipinski definition) is 6. The van der Waals surface area contributed by atoms with Crippen molar-refractivity contribution in [3.05, 3.63) is 36.4 Å². The molecule has 0 amide bonds. The Balaban J connectivity index is 1.36. The molecule has 7 heteroatoms. The zero-order valence-electron chi connectivity index (χ0n) is 13.2. The van der Waals surface area contributed by atoms with E-state index in [0.717, 1.165) is 56.4 Å². The van der Waals surface area contributed by atoms with E-state index in [1.165, 1.54) is 5.56 Å². The molecule has 3 heterocycles. The van der Waals surface area contributed by atoms with E-state index in [1.54, 1.807) is 12.7 Å². The van der Waals surface area contributed by atoms with Crippen LogP contribution in [0.15, 0.2) is 35.3 Å². The Morgan fingerprint density at radius 3 is 2.78 bits per heavy atom. The molecule has 3 aromatic rings. The summed E-state index contributed by atoms with van der Waals surface area (Å²) >= 11 is 0. The van der Waals surface area contributed by atoms with E-state index in [9.17, 15) is 0 Å². The zero-order chi connectivity index (χ0) is 15.6. The van der Waals surface area contributed by atoms with Gasteiger partial charge in [0, 0.05) is 32.7 Å². The number of hydrogen-bond donors (Lipinski definition) is 0. The average Bonchev–Trinajstić information content (AvgIpc) is 3.22. The molecule has 1 saturated heterocycles. The van der Waals surface area contributed by atoms with Crippen molar-refractivity contribution >= 4 is 17.1 Å². The van der Waals surface area contributed by atoms with Crippen molar-refractivity contribution in [2.75, 3.05) is 37.6 Å². The molecule has 0 spiro atoms. The average molecular weight is 312 g/mol. The van der Waals surface area contributed by atoms with Crippen LogP contribution in [0.1, 0.15) is 5.56 Å². The number of benzene rings is 1. The van der Waals surface area contributed by atoms with Gasteiger partial charge in [-0.3, -0.25) is 9.58 Å². The molecular formula is C16H20N6O. The maximum absolute atomic E-state index is 5.89. The second-order valence-electron chi connectivity index (χ2n) is 5.95. The quantitative estimate of drug-likeness (QED) is 0.728. The summed E-state index contributed by atoms with van der Waals surface area (Å²) in [5, 5.41) is 4.14. The second-order valence-corrected chi connectivity index (χ2v) is 5.95. The Bertz CT molecular complexity index is 773. The number of rotatable bonds is 4. The number of anilines is 1. The molecule has 23 heavy (non-hydrogen) atoms. The van der Waals surface area contributed by atoms with Gasteiger partial charge in [0.1, 0.15) is 18.2 Å². The van der Waals surface area contributed by atoms with Gasteiger partial charge in [-0.05, 0) is 24.6 Å². The van der Waals surface area contributed by atoms with E-state index in [0.29, 0.717) is 0 Å². The molecule has 2 aromatic heterocycles. The number of oxazole rings is 1. The van der Waals surface area contributed by atoms with Crippen LogP contribution in [0.2, 0.25) is 0 Å². The van der Waals surface area contributed by atoms with E-state index < -0.39 is 0 Å². The molecular weight excluding hydrogens is 292 g/mol. The summed E-state index contributed by atoms with van der Waals surface area (Å²) in [5.41, 5.74) is 3.00. The van der Waals surface area contributed by atoms with Crippen LogP contribution in [0.3, 0.4) is 0 Å². The van der Waals surface area contributed by atoms with E-state index in [2.05, 4.69) is 43.9 Å². The van der Waals surface area contributed by atoms with E-state index in [-0.39, 0.29) is 0 Å². The molecule has 0 saturated carbocycles. The van der Waals surface area contributed by atoms with Crippen molar-refractivity contribution in [2.24, 2.45) is 0 Å². The fourth-order valence-electron chi connectivity index (χ4n) is 2.92. The molecule has 1 fully saturated rings. The number of piperazine rings is 1. The maximum Gasteiger partial charge on any atom is 0.298 e.